The van der Waals surface area contributed by atoms with Crippen molar-refractivity contribution in [2.75, 3.05) is 4.90 Å². The summed E-state index contributed by atoms with van der Waals surface area (Å²) in [6.45, 7) is 0. The van der Waals surface area contributed by atoms with Crippen molar-refractivity contribution in [3.05, 3.63) is 176 Å². The van der Waals surface area contributed by atoms with Crippen LogP contribution in [0, 0.1) is 0 Å². The summed E-state index contributed by atoms with van der Waals surface area (Å²) in [5.41, 5.74) is 11.7. The minimum atomic E-state index is 0.586. The summed E-state index contributed by atoms with van der Waals surface area (Å²) < 4.78 is 22.2. The van der Waals surface area contributed by atoms with E-state index in [2.05, 4.69) is 137 Å². The molecule has 0 fully saturated rings. The average molecular weight is 708 g/mol. The number of benzene rings is 8. The fourth-order valence-corrected chi connectivity index (χ4v) is 8.36. The van der Waals surface area contributed by atoms with Crippen LogP contribution in [-0.2, 0) is 0 Å². The Hall–Kier alpha value is -7.57. The highest BCUT2D eigenvalue weighted by atomic mass is 16.4. The zero-order valence-corrected chi connectivity index (χ0v) is 29.3. The maximum atomic E-state index is 6.86. The van der Waals surface area contributed by atoms with E-state index in [4.69, 9.17) is 18.2 Å². The number of nitrogens with zero attached hydrogens (tertiary/aromatic N) is 3. The topological polar surface area (TPSA) is 60.5 Å². The molecule has 0 bridgehead atoms. The summed E-state index contributed by atoms with van der Waals surface area (Å²) in [6, 6.07) is 60.8. The highest BCUT2D eigenvalue weighted by Gasteiger charge is 2.25. The Bertz CT molecular complexity index is 3440. The van der Waals surface area contributed by atoms with Gasteiger partial charge in [-0.15, -0.1) is 0 Å². The van der Waals surface area contributed by atoms with Crippen molar-refractivity contribution < 1.29 is 13.3 Å². The van der Waals surface area contributed by atoms with Gasteiger partial charge in [0.25, 0.3) is 0 Å². The Morgan fingerprint density at radius 3 is 1.85 bits per heavy atom. The van der Waals surface area contributed by atoms with Gasteiger partial charge in [-0.25, -0.2) is 4.98 Å². The number of aromatic nitrogens is 2. The van der Waals surface area contributed by atoms with Gasteiger partial charge in [-0.1, -0.05) is 97.1 Å². The quantitative estimate of drug-likeness (QED) is 0.178. The van der Waals surface area contributed by atoms with Crippen molar-refractivity contribution in [2.45, 2.75) is 0 Å². The van der Waals surface area contributed by atoms with E-state index in [1.54, 1.807) is 0 Å². The average Bonchev–Trinajstić information content (AvgIpc) is 4.01. The fourth-order valence-electron chi connectivity index (χ4n) is 8.36. The summed E-state index contributed by atoms with van der Waals surface area (Å²) in [5, 5.41) is 6.40. The maximum Gasteiger partial charge on any atom is 0.227 e. The first kappa shape index (κ1) is 29.9. The van der Waals surface area contributed by atoms with Crippen molar-refractivity contribution in [2.24, 2.45) is 0 Å². The van der Waals surface area contributed by atoms with Crippen LogP contribution in [-0.4, -0.2) is 9.55 Å². The summed E-state index contributed by atoms with van der Waals surface area (Å²) in [6.07, 6.45) is 0. The van der Waals surface area contributed by atoms with Crippen molar-refractivity contribution in [1.29, 1.82) is 0 Å². The Balaban J connectivity index is 1.12. The van der Waals surface area contributed by atoms with Gasteiger partial charge in [-0.3, -0.25) is 0 Å². The molecule has 0 aliphatic carbocycles. The summed E-state index contributed by atoms with van der Waals surface area (Å²) in [4.78, 5) is 7.11. The first-order valence-corrected chi connectivity index (χ1v) is 18.4. The number of hydrogen-bond donors (Lipinski definition) is 0. The summed E-state index contributed by atoms with van der Waals surface area (Å²) in [5.74, 6) is 0.586. The van der Waals surface area contributed by atoms with E-state index in [1.165, 1.54) is 5.39 Å². The number of hydrogen-bond acceptors (Lipinski definition) is 5. The molecule has 0 radical (unpaired) electrons. The second kappa shape index (κ2) is 11.5. The Labute approximate surface area is 313 Å². The van der Waals surface area contributed by atoms with E-state index >= 15 is 0 Å². The number of furan rings is 2. The predicted molar refractivity (Wildman–Crippen MR) is 223 cm³/mol. The summed E-state index contributed by atoms with van der Waals surface area (Å²) >= 11 is 0. The molecule has 4 heterocycles. The zero-order valence-electron chi connectivity index (χ0n) is 29.3. The van der Waals surface area contributed by atoms with Gasteiger partial charge in [0, 0.05) is 55.3 Å². The first-order chi connectivity index (χ1) is 27.3. The highest BCUT2D eigenvalue weighted by Crippen LogP contribution is 2.47. The van der Waals surface area contributed by atoms with Crippen LogP contribution in [0.2, 0.25) is 0 Å². The van der Waals surface area contributed by atoms with Gasteiger partial charge in [-0.2, -0.15) is 0 Å². The third-order valence-electron chi connectivity index (χ3n) is 10.8. The smallest absolute Gasteiger partial charge is 0.227 e. The molecule has 0 atom stereocenters. The van der Waals surface area contributed by atoms with Gasteiger partial charge in [0.2, 0.25) is 5.89 Å². The SMILES string of the molecule is c1ccc(-c2nc3cc4oc5c(N(c6ccc7c(c6)c6ccccc6n7-c6ccccc6)c6cccc7c6oc6ccccc67)cccc5c4cc3o2)cc1. The Kier molecular flexibility index (Phi) is 6.24. The van der Waals surface area contributed by atoms with Crippen LogP contribution in [0.15, 0.2) is 189 Å². The van der Waals surface area contributed by atoms with Gasteiger partial charge < -0.3 is 22.7 Å². The van der Waals surface area contributed by atoms with Crippen molar-refractivity contribution in [3.8, 4) is 17.1 Å². The van der Waals surface area contributed by atoms with E-state index in [0.717, 1.165) is 94.1 Å². The first-order valence-electron chi connectivity index (χ1n) is 18.4. The molecular formula is C49H29N3O3. The molecule has 12 aromatic rings. The molecule has 8 aromatic carbocycles. The minimum absolute atomic E-state index is 0.586. The van der Waals surface area contributed by atoms with Gasteiger partial charge in [0.05, 0.1) is 22.4 Å². The molecule has 0 saturated heterocycles. The zero-order chi connectivity index (χ0) is 36.0. The normalized spacial score (nSPS) is 12.0. The van der Waals surface area contributed by atoms with E-state index in [1.807, 2.05) is 48.5 Å². The van der Waals surface area contributed by atoms with Crippen LogP contribution >= 0.6 is 0 Å². The Morgan fingerprint density at radius 2 is 1.05 bits per heavy atom. The third kappa shape index (κ3) is 4.46. The van der Waals surface area contributed by atoms with E-state index in [-0.39, 0.29) is 0 Å². The molecule has 0 unspecified atom stereocenters. The molecule has 6 heteroatoms. The predicted octanol–water partition coefficient (Wildman–Crippen LogP) is 13.9. The number of para-hydroxylation sites is 5. The molecule has 4 aromatic heterocycles. The second-order valence-electron chi connectivity index (χ2n) is 13.9. The largest absolute Gasteiger partial charge is 0.454 e. The summed E-state index contributed by atoms with van der Waals surface area (Å²) in [7, 11) is 0. The molecule has 6 nitrogen and oxygen atoms in total. The molecule has 55 heavy (non-hydrogen) atoms. The molecule has 0 aliphatic heterocycles. The monoisotopic (exact) mass is 707 g/mol. The number of rotatable bonds is 5. The lowest BCUT2D eigenvalue weighted by molar-refractivity contribution is 0.620. The second-order valence-corrected chi connectivity index (χ2v) is 13.9. The van der Waals surface area contributed by atoms with Gasteiger partial charge in [0.1, 0.15) is 16.7 Å². The van der Waals surface area contributed by atoms with Gasteiger partial charge in [-0.05, 0) is 72.8 Å². The lowest BCUT2D eigenvalue weighted by Crippen LogP contribution is -2.10. The lowest BCUT2D eigenvalue weighted by Gasteiger charge is -2.25. The lowest BCUT2D eigenvalue weighted by atomic mass is 10.1. The molecule has 0 aliphatic rings. The van der Waals surface area contributed by atoms with Crippen LogP contribution in [0.3, 0.4) is 0 Å². The molecule has 0 saturated carbocycles. The van der Waals surface area contributed by atoms with Crippen molar-refractivity contribution >= 4 is 93.8 Å². The van der Waals surface area contributed by atoms with Gasteiger partial charge >= 0.3 is 0 Å². The van der Waals surface area contributed by atoms with Crippen LogP contribution in [0.5, 0.6) is 0 Å². The van der Waals surface area contributed by atoms with Gasteiger partial charge in [0.15, 0.2) is 16.7 Å². The van der Waals surface area contributed by atoms with Crippen LogP contribution < -0.4 is 4.90 Å². The number of oxazole rings is 1. The van der Waals surface area contributed by atoms with Crippen molar-refractivity contribution in [1.82, 2.24) is 9.55 Å². The molecule has 0 spiro atoms. The molecule has 12 rings (SSSR count). The standard InChI is InChI=1S/C49H29N3O3/c1-3-13-30(14-4-1)49-50-39-29-45-38(28-46(39)55-49)36-20-12-23-43(48(36)54-45)52(42-22-11-19-35-34-18-8-10-24-44(34)53-47(35)42)32-25-26-41-37(27-32)33-17-7-9-21-40(33)51(41)31-15-5-2-6-16-31/h1-29H. The van der Waals surface area contributed by atoms with E-state index in [0.29, 0.717) is 11.5 Å². The van der Waals surface area contributed by atoms with Crippen LogP contribution in [0.4, 0.5) is 17.1 Å². The van der Waals surface area contributed by atoms with E-state index < -0.39 is 0 Å². The number of anilines is 3. The highest BCUT2D eigenvalue weighted by molar-refractivity contribution is 6.16. The van der Waals surface area contributed by atoms with Crippen LogP contribution in [0.25, 0.3) is 93.9 Å². The Morgan fingerprint density at radius 1 is 0.418 bits per heavy atom. The minimum Gasteiger partial charge on any atom is -0.454 e. The number of fused-ring (bicyclic) bond motifs is 10. The van der Waals surface area contributed by atoms with Crippen molar-refractivity contribution in [3.63, 3.8) is 0 Å². The molecule has 258 valence electrons. The van der Waals surface area contributed by atoms with E-state index in [9.17, 15) is 0 Å². The molecular weight excluding hydrogens is 679 g/mol. The maximum absolute atomic E-state index is 6.86. The molecule has 0 N–H and O–H groups in total. The fraction of sp³-hybridized carbons (Fsp3) is 0. The molecule has 0 amide bonds. The third-order valence-corrected chi connectivity index (χ3v) is 10.8. The van der Waals surface area contributed by atoms with Crippen LogP contribution in [0.1, 0.15) is 0 Å².